The van der Waals surface area contributed by atoms with Crippen LogP contribution in [0.25, 0.3) is 0 Å². The second kappa shape index (κ2) is 8.05. The molecule has 0 aromatic rings. The van der Waals surface area contributed by atoms with Crippen molar-refractivity contribution in [3.63, 3.8) is 0 Å². The van der Waals surface area contributed by atoms with Gasteiger partial charge in [-0.25, -0.2) is 0 Å². The second-order valence-electron chi connectivity index (χ2n) is 4.02. The molecule has 1 N–H and O–H groups in total. The van der Waals surface area contributed by atoms with E-state index in [0.717, 1.165) is 39.2 Å². The van der Waals surface area contributed by atoms with Crippen LogP contribution in [0.5, 0.6) is 0 Å². The molecule has 4 nitrogen and oxygen atoms in total. The monoisotopic (exact) mass is 217 g/mol. The number of hydrogen-bond donors (Lipinski definition) is 1. The van der Waals surface area contributed by atoms with Crippen molar-refractivity contribution in [3.8, 4) is 0 Å². The Bertz CT molecular complexity index is 143. The van der Waals surface area contributed by atoms with E-state index >= 15 is 0 Å². The van der Waals surface area contributed by atoms with Crippen LogP contribution in [-0.2, 0) is 14.2 Å². The van der Waals surface area contributed by atoms with Crippen molar-refractivity contribution in [1.82, 2.24) is 5.32 Å². The summed E-state index contributed by atoms with van der Waals surface area (Å²) in [6, 6.07) is 0. The topological polar surface area (TPSA) is 39.7 Å². The molecular weight excluding hydrogens is 194 g/mol. The average Bonchev–Trinajstić information content (AvgIpc) is 2.28. The Labute approximate surface area is 92.3 Å². The van der Waals surface area contributed by atoms with Crippen LogP contribution < -0.4 is 5.32 Å². The molecule has 1 fully saturated rings. The molecule has 0 bridgehead atoms. The van der Waals surface area contributed by atoms with E-state index in [1.165, 1.54) is 0 Å². The van der Waals surface area contributed by atoms with Crippen LogP contribution in [0.1, 0.15) is 12.8 Å². The molecular formula is C11H23NO3. The number of hydrogen-bond acceptors (Lipinski definition) is 4. The summed E-state index contributed by atoms with van der Waals surface area (Å²) < 4.78 is 16.2. The number of ether oxygens (including phenoxy) is 3. The summed E-state index contributed by atoms with van der Waals surface area (Å²) in [6.07, 6.45) is 2.42. The molecule has 90 valence electrons. The lowest BCUT2D eigenvalue weighted by Crippen LogP contribution is -2.33. The van der Waals surface area contributed by atoms with Crippen LogP contribution in [-0.4, -0.2) is 53.2 Å². The molecule has 1 rings (SSSR count). The lowest BCUT2D eigenvalue weighted by atomic mass is 10.0. The first-order valence-electron chi connectivity index (χ1n) is 5.69. The molecule has 0 radical (unpaired) electrons. The highest BCUT2D eigenvalue weighted by atomic mass is 16.5. The summed E-state index contributed by atoms with van der Waals surface area (Å²) in [5, 5.41) is 3.11. The van der Waals surface area contributed by atoms with Crippen molar-refractivity contribution in [1.29, 1.82) is 0 Å². The second-order valence-corrected chi connectivity index (χ2v) is 4.02. The summed E-state index contributed by atoms with van der Waals surface area (Å²) in [5.41, 5.74) is 0. The Morgan fingerprint density at radius 2 is 2.13 bits per heavy atom. The molecule has 0 spiro atoms. The minimum absolute atomic E-state index is 0.169. The molecule has 4 heteroatoms. The van der Waals surface area contributed by atoms with Gasteiger partial charge in [-0.3, -0.25) is 0 Å². The summed E-state index contributed by atoms with van der Waals surface area (Å²) in [5.74, 6) is 0.662. The molecule has 0 amide bonds. The standard InChI is InChI=1S/C11H23NO3/c1-12-7-11(9-13-2)15-8-10-3-5-14-6-4-10/h10-12H,3-9H2,1-2H3. The summed E-state index contributed by atoms with van der Waals surface area (Å²) in [4.78, 5) is 0. The predicted molar refractivity (Wildman–Crippen MR) is 59.1 cm³/mol. The minimum Gasteiger partial charge on any atom is -0.382 e. The number of methoxy groups -OCH3 is 1. The molecule has 1 atom stereocenters. The van der Waals surface area contributed by atoms with Crippen molar-refractivity contribution < 1.29 is 14.2 Å². The van der Waals surface area contributed by atoms with Gasteiger partial charge in [-0.15, -0.1) is 0 Å². The van der Waals surface area contributed by atoms with Crippen molar-refractivity contribution >= 4 is 0 Å². The lowest BCUT2D eigenvalue weighted by Gasteiger charge is -2.24. The van der Waals surface area contributed by atoms with Crippen LogP contribution >= 0.6 is 0 Å². The number of rotatable bonds is 7. The van der Waals surface area contributed by atoms with Gasteiger partial charge in [0, 0.05) is 26.9 Å². The van der Waals surface area contributed by atoms with Gasteiger partial charge in [-0.05, 0) is 25.8 Å². The van der Waals surface area contributed by atoms with E-state index < -0.39 is 0 Å². The smallest absolute Gasteiger partial charge is 0.0932 e. The Morgan fingerprint density at radius 1 is 1.40 bits per heavy atom. The fourth-order valence-electron chi connectivity index (χ4n) is 1.76. The first-order valence-corrected chi connectivity index (χ1v) is 5.69. The maximum Gasteiger partial charge on any atom is 0.0932 e. The van der Waals surface area contributed by atoms with Crippen LogP contribution in [0.2, 0.25) is 0 Å². The Morgan fingerprint density at radius 3 is 2.73 bits per heavy atom. The SMILES string of the molecule is CNCC(COC)OCC1CCOCC1. The van der Waals surface area contributed by atoms with E-state index in [4.69, 9.17) is 14.2 Å². The molecule has 0 aliphatic carbocycles. The van der Waals surface area contributed by atoms with Gasteiger partial charge < -0.3 is 19.5 Å². The fraction of sp³-hybridized carbons (Fsp3) is 1.00. The van der Waals surface area contributed by atoms with E-state index in [1.54, 1.807) is 7.11 Å². The summed E-state index contributed by atoms with van der Waals surface area (Å²) >= 11 is 0. The molecule has 1 unspecified atom stereocenters. The maximum atomic E-state index is 5.82. The highest BCUT2D eigenvalue weighted by molar-refractivity contribution is 4.65. The summed E-state index contributed by atoms with van der Waals surface area (Å²) in [7, 11) is 3.64. The van der Waals surface area contributed by atoms with Crippen LogP contribution in [0.3, 0.4) is 0 Å². The fourth-order valence-corrected chi connectivity index (χ4v) is 1.76. The van der Waals surface area contributed by atoms with Crippen LogP contribution in [0.4, 0.5) is 0 Å². The Hall–Kier alpha value is -0.160. The molecule has 0 aromatic heterocycles. The Balaban J connectivity index is 2.13. The zero-order valence-electron chi connectivity index (χ0n) is 9.83. The zero-order valence-corrected chi connectivity index (χ0v) is 9.83. The van der Waals surface area contributed by atoms with Crippen LogP contribution in [0, 0.1) is 5.92 Å². The van der Waals surface area contributed by atoms with E-state index in [1.807, 2.05) is 7.05 Å². The van der Waals surface area contributed by atoms with E-state index in [2.05, 4.69) is 5.32 Å². The maximum absolute atomic E-state index is 5.82. The molecule has 15 heavy (non-hydrogen) atoms. The van der Waals surface area contributed by atoms with E-state index in [9.17, 15) is 0 Å². The van der Waals surface area contributed by atoms with Crippen LogP contribution in [0.15, 0.2) is 0 Å². The third-order valence-electron chi connectivity index (χ3n) is 2.69. The minimum atomic E-state index is 0.169. The van der Waals surface area contributed by atoms with Gasteiger partial charge in [0.1, 0.15) is 0 Å². The first kappa shape index (κ1) is 12.9. The predicted octanol–water partition coefficient (Wildman–Crippen LogP) is 0.664. The number of nitrogens with one attached hydrogen (secondary N) is 1. The van der Waals surface area contributed by atoms with Gasteiger partial charge in [-0.2, -0.15) is 0 Å². The van der Waals surface area contributed by atoms with Gasteiger partial charge in [0.15, 0.2) is 0 Å². The van der Waals surface area contributed by atoms with Crippen molar-refractivity contribution in [3.05, 3.63) is 0 Å². The zero-order chi connectivity index (χ0) is 10.9. The third-order valence-corrected chi connectivity index (χ3v) is 2.69. The summed E-state index contributed by atoms with van der Waals surface area (Å²) in [6.45, 7) is 4.10. The van der Waals surface area contributed by atoms with E-state index in [0.29, 0.717) is 12.5 Å². The average molecular weight is 217 g/mol. The molecule has 0 saturated carbocycles. The van der Waals surface area contributed by atoms with Gasteiger partial charge in [0.25, 0.3) is 0 Å². The normalized spacial score (nSPS) is 20.4. The van der Waals surface area contributed by atoms with Crippen molar-refractivity contribution in [2.24, 2.45) is 5.92 Å². The van der Waals surface area contributed by atoms with Gasteiger partial charge in [0.05, 0.1) is 19.3 Å². The Kier molecular flexibility index (Phi) is 6.92. The van der Waals surface area contributed by atoms with E-state index in [-0.39, 0.29) is 6.10 Å². The van der Waals surface area contributed by atoms with Gasteiger partial charge >= 0.3 is 0 Å². The van der Waals surface area contributed by atoms with Gasteiger partial charge in [0.2, 0.25) is 0 Å². The molecule has 1 heterocycles. The molecule has 1 aliphatic rings. The largest absolute Gasteiger partial charge is 0.382 e. The van der Waals surface area contributed by atoms with Crippen molar-refractivity contribution in [2.45, 2.75) is 18.9 Å². The third kappa shape index (κ3) is 5.47. The van der Waals surface area contributed by atoms with Gasteiger partial charge in [-0.1, -0.05) is 0 Å². The highest BCUT2D eigenvalue weighted by Gasteiger charge is 2.16. The molecule has 1 aliphatic heterocycles. The highest BCUT2D eigenvalue weighted by Crippen LogP contribution is 2.15. The lowest BCUT2D eigenvalue weighted by molar-refractivity contribution is -0.0361. The van der Waals surface area contributed by atoms with Crippen molar-refractivity contribution in [2.75, 3.05) is 47.1 Å². The first-order chi connectivity index (χ1) is 7.36. The molecule has 1 saturated heterocycles. The quantitative estimate of drug-likeness (QED) is 0.680. The number of likely N-dealkylation sites (N-methyl/N-ethyl adjacent to an activating group) is 1. The molecule has 0 aromatic carbocycles.